The normalized spacial score (nSPS) is 11.1. The predicted octanol–water partition coefficient (Wildman–Crippen LogP) is 2.80. The Balaban J connectivity index is 1.43. The molecule has 1 N–H and O–H groups in total. The van der Waals surface area contributed by atoms with Crippen LogP contribution in [0.15, 0.2) is 36.7 Å². The number of aryl methyl sites for hydroxylation is 3. The summed E-state index contributed by atoms with van der Waals surface area (Å²) in [6.07, 6.45) is 4.47. The summed E-state index contributed by atoms with van der Waals surface area (Å²) < 4.78 is 8.87. The smallest absolute Gasteiger partial charge is 0.242 e. The molecule has 9 heteroatoms. The molecule has 0 bridgehead atoms. The Hall–Kier alpha value is -3.75. The van der Waals surface area contributed by atoms with Crippen LogP contribution in [-0.2, 0) is 24.8 Å². The number of pyridine rings is 2. The van der Waals surface area contributed by atoms with Crippen LogP contribution in [-0.4, -0.2) is 42.5 Å². The van der Waals surface area contributed by atoms with E-state index >= 15 is 0 Å². The van der Waals surface area contributed by atoms with Crippen molar-refractivity contribution in [1.29, 1.82) is 0 Å². The van der Waals surface area contributed by atoms with E-state index in [1.807, 2.05) is 45.3 Å². The van der Waals surface area contributed by atoms with Crippen molar-refractivity contribution in [2.45, 2.75) is 33.2 Å². The van der Waals surface area contributed by atoms with Gasteiger partial charge in [-0.15, -0.1) is 5.10 Å². The van der Waals surface area contributed by atoms with Crippen molar-refractivity contribution in [2.24, 2.45) is 7.05 Å². The second-order valence-electron chi connectivity index (χ2n) is 7.40. The molecule has 0 saturated carbocycles. The van der Waals surface area contributed by atoms with E-state index < -0.39 is 0 Å². The van der Waals surface area contributed by atoms with Gasteiger partial charge in [0, 0.05) is 37.6 Å². The van der Waals surface area contributed by atoms with E-state index in [4.69, 9.17) is 4.74 Å². The Morgan fingerprint density at radius 1 is 1.19 bits per heavy atom. The molecule has 4 aromatic rings. The van der Waals surface area contributed by atoms with Gasteiger partial charge in [-0.3, -0.25) is 14.5 Å². The van der Waals surface area contributed by atoms with Crippen LogP contribution in [0.2, 0.25) is 0 Å². The summed E-state index contributed by atoms with van der Waals surface area (Å²) in [5.41, 5.74) is 4.65. The van der Waals surface area contributed by atoms with E-state index in [0.717, 1.165) is 33.5 Å². The van der Waals surface area contributed by atoms with E-state index in [9.17, 15) is 4.79 Å². The maximum atomic E-state index is 12.5. The van der Waals surface area contributed by atoms with Crippen molar-refractivity contribution in [3.8, 4) is 5.88 Å². The fourth-order valence-corrected chi connectivity index (χ4v) is 3.73. The van der Waals surface area contributed by atoms with Crippen LogP contribution in [0.25, 0.3) is 11.0 Å². The second-order valence-corrected chi connectivity index (χ2v) is 7.40. The molecule has 0 atom stereocenters. The third-order valence-electron chi connectivity index (χ3n) is 5.28. The Labute approximate surface area is 180 Å². The summed E-state index contributed by atoms with van der Waals surface area (Å²) in [6.45, 7) is 4.53. The minimum atomic E-state index is -0.0971. The highest BCUT2D eigenvalue weighted by Crippen LogP contribution is 2.30. The van der Waals surface area contributed by atoms with Crippen molar-refractivity contribution in [2.75, 3.05) is 12.4 Å². The van der Waals surface area contributed by atoms with Crippen LogP contribution in [0.5, 0.6) is 5.88 Å². The van der Waals surface area contributed by atoms with Gasteiger partial charge in [0.2, 0.25) is 11.8 Å². The number of carbonyl (C=O) groups is 1. The van der Waals surface area contributed by atoms with E-state index in [1.165, 1.54) is 0 Å². The van der Waals surface area contributed by atoms with Crippen LogP contribution in [0, 0.1) is 13.8 Å². The lowest BCUT2D eigenvalue weighted by Crippen LogP contribution is -2.14. The number of hydrogen-bond donors (Lipinski definition) is 1. The van der Waals surface area contributed by atoms with Crippen LogP contribution >= 0.6 is 0 Å². The number of ether oxygens (including phenoxy) is 1. The summed E-state index contributed by atoms with van der Waals surface area (Å²) in [5, 5.41) is 12.5. The van der Waals surface area contributed by atoms with Gasteiger partial charge in [0.05, 0.1) is 24.7 Å². The van der Waals surface area contributed by atoms with E-state index in [2.05, 4.69) is 25.5 Å². The number of anilines is 1. The van der Waals surface area contributed by atoms with Crippen molar-refractivity contribution < 1.29 is 9.53 Å². The van der Waals surface area contributed by atoms with Crippen LogP contribution in [0.1, 0.15) is 28.9 Å². The topological polar surface area (TPSA) is 99.8 Å². The first-order valence-corrected chi connectivity index (χ1v) is 10.1. The highest BCUT2D eigenvalue weighted by Gasteiger charge is 2.18. The van der Waals surface area contributed by atoms with E-state index in [-0.39, 0.29) is 5.91 Å². The van der Waals surface area contributed by atoms with E-state index in [1.54, 1.807) is 28.7 Å². The van der Waals surface area contributed by atoms with Gasteiger partial charge < -0.3 is 10.1 Å². The average Bonchev–Trinajstić information content (AvgIpc) is 3.32. The van der Waals surface area contributed by atoms with Crippen molar-refractivity contribution in [3.63, 3.8) is 0 Å². The number of carbonyl (C=O) groups excluding carboxylic acids is 1. The zero-order valence-corrected chi connectivity index (χ0v) is 18.1. The van der Waals surface area contributed by atoms with Gasteiger partial charge in [-0.05, 0) is 43.5 Å². The molecule has 0 spiro atoms. The minimum Gasteiger partial charge on any atom is -0.479 e. The minimum absolute atomic E-state index is 0.0971. The molecule has 4 heterocycles. The Morgan fingerprint density at radius 3 is 2.77 bits per heavy atom. The van der Waals surface area contributed by atoms with Gasteiger partial charge in [-0.2, -0.15) is 5.10 Å². The van der Waals surface area contributed by atoms with Crippen molar-refractivity contribution in [1.82, 2.24) is 29.5 Å². The highest BCUT2D eigenvalue weighted by atomic mass is 16.5. The lowest BCUT2D eigenvalue weighted by Gasteiger charge is -2.11. The molecule has 4 aromatic heterocycles. The van der Waals surface area contributed by atoms with Gasteiger partial charge in [0.1, 0.15) is 0 Å². The van der Waals surface area contributed by atoms with Crippen LogP contribution in [0.3, 0.4) is 0 Å². The molecule has 0 aromatic carbocycles. The SMILES string of the molecule is COc1nn(C)c2nc(C)c(CCC(=O)Nc3ccn(Cc4ccccn4)n3)c(C)c12. The highest BCUT2D eigenvalue weighted by molar-refractivity contribution is 5.90. The first kappa shape index (κ1) is 20.5. The summed E-state index contributed by atoms with van der Waals surface area (Å²) >= 11 is 0. The number of methoxy groups -OCH3 is 1. The Kier molecular flexibility index (Phi) is 5.66. The number of rotatable bonds is 7. The molecule has 9 nitrogen and oxygen atoms in total. The largest absolute Gasteiger partial charge is 0.479 e. The molecule has 0 saturated heterocycles. The summed E-state index contributed by atoms with van der Waals surface area (Å²) in [4.78, 5) is 21.5. The zero-order chi connectivity index (χ0) is 22.0. The van der Waals surface area contributed by atoms with E-state index in [0.29, 0.717) is 31.1 Å². The van der Waals surface area contributed by atoms with Gasteiger partial charge in [-0.1, -0.05) is 6.07 Å². The van der Waals surface area contributed by atoms with Gasteiger partial charge >= 0.3 is 0 Å². The fourth-order valence-electron chi connectivity index (χ4n) is 3.73. The first-order valence-electron chi connectivity index (χ1n) is 10.1. The van der Waals surface area contributed by atoms with Crippen LogP contribution < -0.4 is 10.1 Å². The van der Waals surface area contributed by atoms with Crippen molar-refractivity contribution >= 4 is 22.8 Å². The van der Waals surface area contributed by atoms with Gasteiger partial charge in [0.25, 0.3) is 0 Å². The maximum Gasteiger partial charge on any atom is 0.242 e. The first-order chi connectivity index (χ1) is 15.0. The molecular formula is C22H25N7O2. The average molecular weight is 419 g/mol. The third kappa shape index (κ3) is 4.25. The summed E-state index contributed by atoms with van der Waals surface area (Å²) in [5.74, 6) is 0.976. The molecule has 160 valence electrons. The molecule has 31 heavy (non-hydrogen) atoms. The number of amides is 1. The summed E-state index contributed by atoms with van der Waals surface area (Å²) in [7, 11) is 3.44. The molecule has 0 fully saturated rings. The predicted molar refractivity (Wildman–Crippen MR) is 117 cm³/mol. The zero-order valence-electron chi connectivity index (χ0n) is 18.1. The standard InChI is InChI=1S/C22H25N7O2/c1-14-17(15(2)24-21-20(14)22(31-4)27-28(21)3)8-9-19(30)25-18-10-12-29(26-18)13-16-7-5-6-11-23-16/h5-7,10-12H,8-9,13H2,1-4H3,(H,25,26,30). The number of fused-ring (bicyclic) bond motifs is 1. The molecule has 0 unspecified atom stereocenters. The monoisotopic (exact) mass is 419 g/mol. The summed E-state index contributed by atoms with van der Waals surface area (Å²) in [6, 6.07) is 7.53. The molecule has 0 aliphatic heterocycles. The molecule has 0 aliphatic rings. The lowest BCUT2D eigenvalue weighted by molar-refractivity contribution is -0.116. The number of nitrogens with one attached hydrogen (secondary N) is 1. The molecule has 0 radical (unpaired) electrons. The lowest BCUT2D eigenvalue weighted by atomic mass is 10.00. The Morgan fingerprint density at radius 2 is 2.03 bits per heavy atom. The number of nitrogens with zero attached hydrogens (tertiary/aromatic N) is 6. The Bertz CT molecular complexity index is 1230. The fraction of sp³-hybridized carbons (Fsp3) is 0.318. The molecule has 0 aliphatic carbocycles. The third-order valence-corrected chi connectivity index (χ3v) is 5.28. The molecular weight excluding hydrogens is 394 g/mol. The molecule has 4 rings (SSSR count). The number of hydrogen-bond acceptors (Lipinski definition) is 6. The van der Waals surface area contributed by atoms with Gasteiger partial charge in [-0.25, -0.2) is 9.67 Å². The van der Waals surface area contributed by atoms with Crippen LogP contribution in [0.4, 0.5) is 5.82 Å². The number of aromatic nitrogens is 6. The van der Waals surface area contributed by atoms with Crippen molar-refractivity contribution in [3.05, 3.63) is 59.2 Å². The second kappa shape index (κ2) is 8.55. The maximum absolute atomic E-state index is 12.5. The van der Waals surface area contributed by atoms with Gasteiger partial charge in [0.15, 0.2) is 11.5 Å². The quantitative estimate of drug-likeness (QED) is 0.494. The molecule has 1 amide bonds.